The number of ether oxygens (including phenoxy) is 4. The molecular formula is C33H45N3O14. The van der Waals surface area contributed by atoms with Gasteiger partial charge in [-0.15, -0.1) is 0 Å². The summed E-state index contributed by atoms with van der Waals surface area (Å²) in [7, 11) is 0. The molecule has 0 saturated heterocycles. The van der Waals surface area contributed by atoms with Crippen LogP contribution in [0.4, 0.5) is 10.5 Å². The molecule has 1 aromatic carbocycles. The van der Waals surface area contributed by atoms with E-state index < -0.39 is 54.8 Å². The Morgan fingerprint density at radius 1 is 0.940 bits per heavy atom. The molecule has 4 amide bonds. The minimum atomic E-state index is -1.85. The highest BCUT2D eigenvalue weighted by Crippen LogP contribution is 2.30. The van der Waals surface area contributed by atoms with Crippen molar-refractivity contribution in [3.05, 3.63) is 35.9 Å². The van der Waals surface area contributed by atoms with Crippen molar-refractivity contribution >= 4 is 41.4 Å². The number of aliphatic hydroxyl groups is 3. The van der Waals surface area contributed by atoms with E-state index in [0.29, 0.717) is 31.4 Å². The van der Waals surface area contributed by atoms with Gasteiger partial charge in [-0.25, -0.2) is 4.79 Å². The molecule has 1 saturated carbocycles. The summed E-state index contributed by atoms with van der Waals surface area (Å²) in [6.07, 6.45) is -3.66. The average Bonchev–Trinajstić information content (AvgIpc) is 3.39. The predicted octanol–water partition coefficient (Wildman–Crippen LogP) is 0.487. The van der Waals surface area contributed by atoms with Crippen LogP contribution in [0.3, 0.4) is 0 Å². The van der Waals surface area contributed by atoms with Crippen LogP contribution in [0.2, 0.25) is 0 Å². The van der Waals surface area contributed by atoms with E-state index in [0.717, 1.165) is 4.90 Å². The molecule has 1 aliphatic carbocycles. The lowest BCUT2D eigenvalue weighted by Crippen LogP contribution is -2.56. The number of benzene rings is 1. The fourth-order valence-corrected chi connectivity index (χ4v) is 5.08. The lowest BCUT2D eigenvalue weighted by atomic mass is 9.81. The number of amides is 4. The number of carbonyl (C=O) groups is 6. The quantitative estimate of drug-likeness (QED) is 0.0651. The van der Waals surface area contributed by atoms with Gasteiger partial charge >= 0.3 is 18.0 Å². The predicted molar refractivity (Wildman–Crippen MR) is 172 cm³/mol. The maximum Gasteiger partial charge on any atom is 0.412 e. The molecule has 50 heavy (non-hydrogen) atoms. The number of aliphatic carboxylic acids is 1. The van der Waals surface area contributed by atoms with Crippen molar-refractivity contribution in [2.45, 2.75) is 77.0 Å². The monoisotopic (exact) mass is 707 g/mol. The SMILES string of the molecule is CC(C)C(=O)OCc1ccc(NC(=O)O[C@@H]2C[C@H](C(=O)O)[C@@H](O)[C@H](O)[C@H]2O)c(OCCOCCNC(=O)CCCCCN2C(=O)C=CC2=O)c1. The van der Waals surface area contributed by atoms with Gasteiger partial charge in [0.2, 0.25) is 5.91 Å². The molecule has 17 nitrogen and oxygen atoms in total. The van der Waals surface area contributed by atoms with Crippen LogP contribution < -0.4 is 15.4 Å². The number of unbranched alkanes of at least 4 members (excludes halogenated alkanes) is 2. The van der Waals surface area contributed by atoms with Gasteiger partial charge in [0.25, 0.3) is 11.8 Å². The zero-order valence-electron chi connectivity index (χ0n) is 27.9. The first-order valence-corrected chi connectivity index (χ1v) is 16.3. The second-order valence-corrected chi connectivity index (χ2v) is 12.1. The summed E-state index contributed by atoms with van der Waals surface area (Å²) in [4.78, 5) is 72.5. The van der Waals surface area contributed by atoms with Gasteiger partial charge in [0.15, 0.2) is 0 Å². The summed E-state index contributed by atoms with van der Waals surface area (Å²) in [6, 6.07) is 4.56. The molecule has 6 N–H and O–H groups in total. The van der Waals surface area contributed by atoms with Gasteiger partial charge in [0.1, 0.15) is 37.3 Å². The Labute approximate surface area is 288 Å². The van der Waals surface area contributed by atoms with Crippen molar-refractivity contribution in [2.75, 3.05) is 38.2 Å². The first-order valence-electron chi connectivity index (χ1n) is 16.3. The number of imide groups is 1. The van der Waals surface area contributed by atoms with E-state index in [1.807, 2.05) is 0 Å². The van der Waals surface area contributed by atoms with Crippen LogP contribution in [0.25, 0.3) is 0 Å². The molecule has 1 aliphatic heterocycles. The molecule has 17 heteroatoms. The number of nitrogens with one attached hydrogen (secondary N) is 2. The zero-order chi connectivity index (χ0) is 36.8. The summed E-state index contributed by atoms with van der Waals surface area (Å²) in [5.74, 6) is -4.32. The molecule has 5 atom stereocenters. The molecule has 3 rings (SSSR count). The Bertz CT molecular complexity index is 1380. The number of hydrogen-bond donors (Lipinski definition) is 6. The number of carboxylic acids is 1. The first-order chi connectivity index (χ1) is 23.8. The van der Waals surface area contributed by atoms with Crippen LogP contribution in [0, 0.1) is 11.8 Å². The number of esters is 1. The van der Waals surface area contributed by atoms with Gasteiger partial charge in [-0.1, -0.05) is 26.3 Å². The Morgan fingerprint density at radius 2 is 1.66 bits per heavy atom. The van der Waals surface area contributed by atoms with Crippen molar-refractivity contribution in [1.82, 2.24) is 10.2 Å². The molecule has 0 radical (unpaired) electrons. The van der Waals surface area contributed by atoms with E-state index in [1.54, 1.807) is 19.9 Å². The molecule has 0 unspecified atom stereocenters. The fourth-order valence-electron chi connectivity index (χ4n) is 5.08. The molecule has 1 fully saturated rings. The van der Waals surface area contributed by atoms with Crippen LogP contribution in [-0.2, 0) is 44.8 Å². The van der Waals surface area contributed by atoms with Crippen molar-refractivity contribution in [3.63, 3.8) is 0 Å². The van der Waals surface area contributed by atoms with Gasteiger partial charge in [0, 0.05) is 38.1 Å². The zero-order valence-corrected chi connectivity index (χ0v) is 27.9. The Hall–Kier alpha value is -4.58. The number of rotatable bonds is 19. The van der Waals surface area contributed by atoms with E-state index in [2.05, 4.69) is 10.6 Å². The highest BCUT2D eigenvalue weighted by Gasteiger charge is 2.47. The summed E-state index contributed by atoms with van der Waals surface area (Å²) in [6.45, 7) is 4.16. The molecule has 1 aromatic rings. The van der Waals surface area contributed by atoms with Crippen LogP contribution >= 0.6 is 0 Å². The first kappa shape index (κ1) is 39.9. The highest BCUT2D eigenvalue weighted by molar-refractivity contribution is 6.12. The Balaban J connectivity index is 1.44. The van der Waals surface area contributed by atoms with Crippen LogP contribution in [0.5, 0.6) is 5.75 Å². The summed E-state index contributed by atoms with van der Waals surface area (Å²) < 4.78 is 21.8. The third kappa shape index (κ3) is 12.1. The van der Waals surface area contributed by atoms with Gasteiger partial charge < -0.3 is 44.7 Å². The number of carbonyl (C=O) groups excluding carboxylic acids is 5. The third-order valence-electron chi connectivity index (χ3n) is 7.93. The maximum absolute atomic E-state index is 12.7. The normalized spacial score (nSPS) is 21.6. The summed E-state index contributed by atoms with van der Waals surface area (Å²) in [5, 5.41) is 44.8. The number of hydrogen-bond acceptors (Lipinski definition) is 13. The number of carboxylic acid groups (broad SMARTS) is 1. The topological polar surface area (TPSA) is 248 Å². The van der Waals surface area contributed by atoms with E-state index >= 15 is 0 Å². The van der Waals surface area contributed by atoms with Crippen molar-refractivity contribution < 1.29 is 68.1 Å². The Kier molecular flexibility index (Phi) is 15.6. The largest absolute Gasteiger partial charge is 0.489 e. The maximum atomic E-state index is 12.7. The van der Waals surface area contributed by atoms with Crippen molar-refractivity contribution in [1.29, 1.82) is 0 Å². The van der Waals surface area contributed by atoms with E-state index in [4.69, 9.17) is 18.9 Å². The van der Waals surface area contributed by atoms with E-state index in [1.165, 1.54) is 24.3 Å². The molecule has 0 spiro atoms. The van der Waals surface area contributed by atoms with Crippen LogP contribution in [-0.4, -0.2) is 118 Å². The third-order valence-corrected chi connectivity index (χ3v) is 7.93. The van der Waals surface area contributed by atoms with Gasteiger partial charge in [-0.2, -0.15) is 0 Å². The second-order valence-electron chi connectivity index (χ2n) is 12.1. The molecular weight excluding hydrogens is 662 g/mol. The number of anilines is 1. The van der Waals surface area contributed by atoms with Gasteiger partial charge in [0.05, 0.1) is 36.8 Å². The minimum Gasteiger partial charge on any atom is -0.489 e. The smallest absolute Gasteiger partial charge is 0.412 e. The fraction of sp³-hybridized carbons (Fsp3) is 0.576. The van der Waals surface area contributed by atoms with Gasteiger partial charge in [-0.05, 0) is 30.5 Å². The van der Waals surface area contributed by atoms with Gasteiger partial charge in [-0.3, -0.25) is 34.2 Å². The molecule has 0 aromatic heterocycles. The lowest BCUT2D eigenvalue weighted by Gasteiger charge is -2.38. The van der Waals surface area contributed by atoms with Crippen LogP contribution in [0.15, 0.2) is 30.4 Å². The average molecular weight is 708 g/mol. The molecule has 1 heterocycles. The lowest BCUT2D eigenvalue weighted by molar-refractivity contribution is -0.177. The highest BCUT2D eigenvalue weighted by atomic mass is 16.6. The molecule has 0 bridgehead atoms. The number of aliphatic hydroxyl groups excluding tert-OH is 3. The molecule has 2 aliphatic rings. The standard InChI is InChI=1S/C33H45N3O14/c1-19(2)32(45)49-18-20-7-8-22(35-33(46)50-24-17-21(31(43)44)28(40)30(42)29(24)41)23(16-20)48-15-14-47-13-11-34-25(37)6-4-3-5-12-36-26(38)9-10-27(36)39/h7-10,16,19,21,24,28-30,40-42H,3-6,11-15,17-18H2,1-2H3,(H,34,37)(H,35,46)(H,43,44)/t21-,24+,28+,29-,30-/m0/s1. The number of nitrogens with zero attached hydrogens (tertiary/aromatic N) is 1. The second kappa shape index (κ2) is 19.6. The summed E-state index contributed by atoms with van der Waals surface area (Å²) in [5.41, 5.74) is 0.660. The Morgan fingerprint density at radius 3 is 2.34 bits per heavy atom. The summed E-state index contributed by atoms with van der Waals surface area (Å²) >= 11 is 0. The van der Waals surface area contributed by atoms with Crippen molar-refractivity contribution in [3.8, 4) is 5.75 Å². The van der Waals surface area contributed by atoms with Crippen molar-refractivity contribution in [2.24, 2.45) is 11.8 Å². The van der Waals surface area contributed by atoms with Crippen LogP contribution in [0.1, 0.15) is 51.5 Å². The minimum absolute atomic E-state index is 0.0101. The van der Waals surface area contributed by atoms with E-state index in [-0.39, 0.29) is 74.5 Å². The van der Waals surface area contributed by atoms with E-state index in [9.17, 15) is 49.2 Å². The molecule has 276 valence electrons.